The fourth-order valence-corrected chi connectivity index (χ4v) is 5.52. The molecule has 1 aliphatic rings. The third-order valence-corrected chi connectivity index (χ3v) is 7.91. The van der Waals surface area contributed by atoms with Crippen LogP contribution >= 0.6 is 0 Å². The summed E-state index contributed by atoms with van der Waals surface area (Å²) < 4.78 is 16.6. The van der Waals surface area contributed by atoms with Gasteiger partial charge < -0.3 is 19.2 Å². The van der Waals surface area contributed by atoms with E-state index >= 15 is 0 Å². The monoisotopic (exact) mass is 561 g/mol. The van der Waals surface area contributed by atoms with Crippen LogP contribution in [0.25, 0.3) is 32.9 Å². The molecule has 7 nitrogen and oxygen atoms in total. The van der Waals surface area contributed by atoms with Crippen LogP contribution in [0.15, 0.2) is 106 Å². The number of hydrogen-bond donors (Lipinski definition) is 1. The maximum Gasteiger partial charge on any atom is 0.407 e. The van der Waals surface area contributed by atoms with Gasteiger partial charge in [-0.15, -0.1) is 0 Å². The molecular formula is C35H31NO6. The van der Waals surface area contributed by atoms with E-state index in [1.807, 2.05) is 78.9 Å². The molecule has 1 heterocycles. The molecule has 0 spiro atoms. The number of alkyl carbamates (subject to hydrolysis) is 1. The topological polar surface area (TPSA) is 94.8 Å². The molecule has 4 aromatic carbocycles. The van der Waals surface area contributed by atoms with Crippen molar-refractivity contribution in [3.05, 3.63) is 113 Å². The molecule has 1 aliphatic carbocycles. The minimum absolute atomic E-state index is 0.218. The summed E-state index contributed by atoms with van der Waals surface area (Å²) in [4.78, 5) is 37.8. The van der Waals surface area contributed by atoms with Gasteiger partial charge in [0.2, 0.25) is 0 Å². The zero-order chi connectivity index (χ0) is 28.9. The Bertz CT molecular complexity index is 1790. The van der Waals surface area contributed by atoms with Crippen molar-refractivity contribution in [3.63, 3.8) is 0 Å². The lowest BCUT2D eigenvalue weighted by Crippen LogP contribution is -2.33. The maximum absolute atomic E-state index is 12.9. The summed E-state index contributed by atoms with van der Waals surface area (Å²) in [5.74, 6) is 0.117. The third-order valence-electron chi connectivity index (χ3n) is 7.91. The number of carbonyl (C=O) groups is 2. The molecule has 1 fully saturated rings. The Labute approximate surface area is 243 Å². The number of rotatable bonds is 7. The van der Waals surface area contributed by atoms with Crippen molar-refractivity contribution in [1.82, 2.24) is 5.32 Å². The molecule has 0 saturated heterocycles. The lowest BCUT2D eigenvalue weighted by atomic mass is 9.82. The Balaban J connectivity index is 1.02. The Morgan fingerprint density at radius 2 is 1.52 bits per heavy atom. The molecule has 212 valence electrons. The quantitative estimate of drug-likeness (QED) is 0.128. The van der Waals surface area contributed by atoms with Gasteiger partial charge in [0.1, 0.15) is 17.9 Å². The van der Waals surface area contributed by atoms with E-state index in [2.05, 4.69) is 5.32 Å². The molecule has 1 saturated carbocycles. The van der Waals surface area contributed by atoms with Crippen LogP contribution in [-0.2, 0) is 16.1 Å². The van der Waals surface area contributed by atoms with E-state index in [9.17, 15) is 14.4 Å². The van der Waals surface area contributed by atoms with Gasteiger partial charge >= 0.3 is 17.7 Å². The van der Waals surface area contributed by atoms with Crippen LogP contribution in [0.1, 0.15) is 31.2 Å². The minimum atomic E-state index is -0.447. The first-order chi connectivity index (χ1) is 20.5. The molecular weight excluding hydrogens is 530 g/mol. The molecule has 6 rings (SSSR count). The average molecular weight is 562 g/mol. The molecule has 7 heteroatoms. The van der Waals surface area contributed by atoms with E-state index in [1.165, 1.54) is 0 Å². The van der Waals surface area contributed by atoms with Crippen LogP contribution in [0, 0.1) is 11.8 Å². The lowest BCUT2D eigenvalue weighted by molar-refractivity contribution is -0.140. The molecule has 0 bridgehead atoms. The van der Waals surface area contributed by atoms with Crippen molar-refractivity contribution >= 4 is 33.8 Å². The normalized spacial score (nSPS) is 16.7. The van der Waals surface area contributed by atoms with E-state index in [4.69, 9.17) is 13.9 Å². The Morgan fingerprint density at radius 3 is 2.33 bits per heavy atom. The van der Waals surface area contributed by atoms with Gasteiger partial charge in [0.25, 0.3) is 0 Å². The highest BCUT2D eigenvalue weighted by Crippen LogP contribution is 2.31. The molecule has 5 aromatic rings. The lowest BCUT2D eigenvalue weighted by Gasteiger charge is -2.27. The van der Waals surface area contributed by atoms with Gasteiger partial charge in [-0.3, -0.25) is 4.79 Å². The summed E-state index contributed by atoms with van der Waals surface area (Å²) in [6.45, 7) is 0.745. The van der Waals surface area contributed by atoms with Crippen LogP contribution in [0.3, 0.4) is 0 Å². The van der Waals surface area contributed by atoms with Gasteiger partial charge in [0.15, 0.2) is 0 Å². The first kappa shape index (κ1) is 27.3. The first-order valence-electron chi connectivity index (χ1n) is 14.3. The summed E-state index contributed by atoms with van der Waals surface area (Å²) >= 11 is 0. The van der Waals surface area contributed by atoms with Crippen LogP contribution in [0.4, 0.5) is 4.79 Å². The molecule has 1 amide bonds. The summed E-state index contributed by atoms with van der Waals surface area (Å²) in [5, 5.41) is 5.72. The van der Waals surface area contributed by atoms with E-state index in [-0.39, 0.29) is 24.4 Å². The van der Waals surface area contributed by atoms with E-state index in [1.54, 1.807) is 18.2 Å². The number of hydrogen-bond acceptors (Lipinski definition) is 6. The van der Waals surface area contributed by atoms with Gasteiger partial charge in [-0.25, -0.2) is 9.59 Å². The Hall–Kier alpha value is -4.91. The summed E-state index contributed by atoms with van der Waals surface area (Å²) in [6, 6.07) is 30.3. The second-order valence-electron chi connectivity index (χ2n) is 10.8. The largest absolute Gasteiger partial charge is 0.445 e. The molecule has 0 aliphatic heterocycles. The van der Waals surface area contributed by atoms with Gasteiger partial charge in [0, 0.05) is 18.0 Å². The average Bonchev–Trinajstić information content (AvgIpc) is 3.03. The third kappa shape index (κ3) is 6.36. The maximum atomic E-state index is 12.9. The highest BCUT2D eigenvalue weighted by molar-refractivity contribution is 5.89. The van der Waals surface area contributed by atoms with Crippen molar-refractivity contribution < 1.29 is 23.5 Å². The highest BCUT2D eigenvalue weighted by Gasteiger charge is 2.28. The smallest absolute Gasteiger partial charge is 0.407 e. The van der Waals surface area contributed by atoms with Gasteiger partial charge in [-0.2, -0.15) is 0 Å². The van der Waals surface area contributed by atoms with Gasteiger partial charge in [-0.05, 0) is 77.8 Å². The van der Waals surface area contributed by atoms with Crippen molar-refractivity contribution in [2.75, 3.05) is 6.54 Å². The number of benzene rings is 4. The summed E-state index contributed by atoms with van der Waals surface area (Å²) in [7, 11) is 0. The molecule has 42 heavy (non-hydrogen) atoms. The van der Waals surface area contributed by atoms with Crippen LogP contribution < -0.4 is 15.7 Å². The van der Waals surface area contributed by atoms with Crippen molar-refractivity contribution in [3.8, 4) is 16.9 Å². The fraction of sp³-hybridized carbons (Fsp3) is 0.229. The molecule has 0 atom stereocenters. The highest BCUT2D eigenvalue weighted by atomic mass is 16.5. The molecule has 1 N–H and O–H groups in total. The van der Waals surface area contributed by atoms with Crippen LogP contribution in [0.5, 0.6) is 5.75 Å². The SMILES string of the molecule is O=C(NCC1CCC(C(=O)Oc2ccc3cc(-c4ccc5ccccc5c4)c(=O)oc3c2)CC1)OCc1ccccc1. The number of ether oxygens (including phenoxy) is 2. The van der Waals surface area contributed by atoms with E-state index in [0.717, 1.165) is 40.1 Å². The number of esters is 1. The fourth-order valence-electron chi connectivity index (χ4n) is 5.52. The van der Waals surface area contributed by atoms with Gasteiger partial charge in [-0.1, -0.05) is 66.7 Å². The standard InChI is InChI=1S/C35H31NO6/c37-33(26-12-10-23(11-13-26)21-36-35(39)40-22-24-6-2-1-3-7-24)41-30-17-16-29-19-31(34(38)42-32(29)20-30)28-15-14-25-8-4-5-9-27(25)18-28/h1-9,14-20,23,26H,10-13,21-22H2,(H,36,39). The summed E-state index contributed by atoms with van der Waals surface area (Å²) in [6.07, 6.45) is 2.54. The van der Waals surface area contributed by atoms with Crippen LogP contribution in [0.2, 0.25) is 0 Å². The molecule has 0 unspecified atom stereocenters. The van der Waals surface area contributed by atoms with Gasteiger partial charge in [0.05, 0.1) is 11.5 Å². The first-order valence-corrected chi connectivity index (χ1v) is 14.3. The second kappa shape index (κ2) is 12.3. The molecule has 0 radical (unpaired) electrons. The summed E-state index contributed by atoms with van der Waals surface area (Å²) in [5.41, 5.74) is 2.12. The predicted octanol–water partition coefficient (Wildman–Crippen LogP) is 7.25. The number of amides is 1. The number of carbonyl (C=O) groups excluding carboxylic acids is 2. The zero-order valence-corrected chi connectivity index (χ0v) is 23.1. The van der Waals surface area contributed by atoms with E-state index in [0.29, 0.717) is 36.3 Å². The van der Waals surface area contributed by atoms with E-state index < -0.39 is 11.7 Å². The van der Waals surface area contributed by atoms with Crippen molar-refractivity contribution in [2.45, 2.75) is 32.3 Å². The number of nitrogens with one attached hydrogen (secondary N) is 1. The predicted molar refractivity (Wildman–Crippen MR) is 161 cm³/mol. The zero-order valence-electron chi connectivity index (χ0n) is 23.1. The Morgan fingerprint density at radius 1 is 0.786 bits per heavy atom. The second-order valence-corrected chi connectivity index (χ2v) is 10.8. The van der Waals surface area contributed by atoms with Crippen LogP contribution in [-0.4, -0.2) is 18.6 Å². The molecule has 1 aromatic heterocycles. The van der Waals surface area contributed by atoms with Crippen molar-refractivity contribution in [2.24, 2.45) is 11.8 Å². The Kier molecular flexibility index (Phi) is 7.99. The number of fused-ring (bicyclic) bond motifs is 2. The minimum Gasteiger partial charge on any atom is -0.445 e. The van der Waals surface area contributed by atoms with Crippen molar-refractivity contribution in [1.29, 1.82) is 0 Å².